The summed E-state index contributed by atoms with van der Waals surface area (Å²) < 4.78 is 8.11. The van der Waals surface area contributed by atoms with Crippen molar-refractivity contribution in [3.05, 3.63) is 65.5 Å². The summed E-state index contributed by atoms with van der Waals surface area (Å²) in [6.07, 6.45) is 2.56. The number of fused-ring (bicyclic) bond motifs is 1. The standard InChI is InChI=1S/C21H21N3O/c1-15(18-5-3-2-4-6-18)24-20-11-17(12-22)9-10-19(20)23-21(24)14-25-13-16-7-8-16/h2-6,9-11,15-16H,7-8,13-14H2,1H3/t15-/m1/s1. The Kier molecular flexibility index (Phi) is 4.25. The highest BCUT2D eigenvalue weighted by Crippen LogP contribution is 2.30. The van der Waals surface area contributed by atoms with Crippen molar-refractivity contribution in [3.63, 3.8) is 0 Å². The van der Waals surface area contributed by atoms with Gasteiger partial charge in [-0.15, -0.1) is 0 Å². The lowest BCUT2D eigenvalue weighted by atomic mass is 10.1. The van der Waals surface area contributed by atoms with Gasteiger partial charge in [0.05, 0.1) is 28.7 Å². The van der Waals surface area contributed by atoms with Crippen LogP contribution >= 0.6 is 0 Å². The molecule has 1 aromatic heterocycles. The Labute approximate surface area is 147 Å². The first-order chi connectivity index (χ1) is 12.3. The Balaban J connectivity index is 1.75. The van der Waals surface area contributed by atoms with E-state index in [4.69, 9.17) is 9.72 Å². The van der Waals surface area contributed by atoms with Gasteiger partial charge in [-0.3, -0.25) is 0 Å². The van der Waals surface area contributed by atoms with Gasteiger partial charge in [-0.1, -0.05) is 30.3 Å². The van der Waals surface area contributed by atoms with Crippen molar-refractivity contribution in [2.24, 2.45) is 5.92 Å². The van der Waals surface area contributed by atoms with Gasteiger partial charge in [0.15, 0.2) is 0 Å². The van der Waals surface area contributed by atoms with Crippen LogP contribution in [-0.4, -0.2) is 16.2 Å². The average Bonchev–Trinajstić information content (AvgIpc) is 3.41. The second-order valence-corrected chi connectivity index (χ2v) is 6.76. The molecular weight excluding hydrogens is 310 g/mol. The van der Waals surface area contributed by atoms with Gasteiger partial charge in [0, 0.05) is 6.61 Å². The molecule has 1 fully saturated rings. The number of imidazole rings is 1. The summed E-state index contributed by atoms with van der Waals surface area (Å²) in [5, 5.41) is 9.26. The van der Waals surface area contributed by atoms with Crippen LogP contribution in [0.4, 0.5) is 0 Å². The lowest BCUT2D eigenvalue weighted by Crippen LogP contribution is -2.12. The minimum atomic E-state index is 0.125. The average molecular weight is 331 g/mol. The number of nitrogens with zero attached hydrogens (tertiary/aromatic N) is 3. The van der Waals surface area contributed by atoms with E-state index in [1.165, 1.54) is 18.4 Å². The molecule has 1 heterocycles. The number of ether oxygens (including phenoxy) is 1. The molecule has 0 saturated heterocycles. The maximum absolute atomic E-state index is 9.26. The van der Waals surface area contributed by atoms with Gasteiger partial charge < -0.3 is 9.30 Å². The molecule has 4 heteroatoms. The molecule has 0 amide bonds. The third kappa shape index (κ3) is 3.29. The minimum Gasteiger partial charge on any atom is -0.373 e. The van der Waals surface area contributed by atoms with Crippen molar-refractivity contribution >= 4 is 11.0 Å². The molecule has 1 aliphatic carbocycles. The summed E-state index contributed by atoms with van der Waals surface area (Å²) in [6, 6.07) is 18.4. The first-order valence-electron chi connectivity index (χ1n) is 8.80. The maximum atomic E-state index is 9.26. The molecule has 0 radical (unpaired) electrons. The molecule has 1 saturated carbocycles. The Hall–Kier alpha value is -2.64. The lowest BCUT2D eigenvalue weighted by molar-refractivity contribution is 0.103. The van der Waals surface area contributed by atoms with Crippen LogP contribution in [-0.2, 0) is 11.3 Å². The predicted octanol–water partition coefficient (Wildman–Crippen LogP) is 4.44. The Morgan fingerprint density at radius 1 is 1.24 bits per heavy atom. The quantitative estimate of drug-likeness (QED) is 0.671. The third-order valence-corrected chi connectivity index (χ3v) is 4.84. The van der Waals surface area contributed by atoms with E-state index in [0.29, 0.717) is 12.2 Å². The van der Waals surface area contributed by atoms with Crippen LogP contribution in [0.3, 0.4) is 0 Å². The smallest absolute Gasteiger partial charge is 0.136 e. The summed E-state index contributed by atoms with van der Waals surface area (Å²) in [5.41, 5.74) is 3.76. The fraction of sp³-hybridized carbons (Fsp3) is 0.333. The highest BCUT2D eigenvalue weighted by molar-refractivity contribution is 5.78. The molecule has 1 atom stereocenters. The van der Waals surface area contributed by atoms with Crippen LogP contribution in [0.5, 0.6) is 0 Å². The van der Waals surface area contributed by atoms with E-state index in [-0.39, 0.29) is 6.04 Å². The Morgan fingerprint density at radius 2 is 2.04 bits per heavy atom. The van der Waals surface area contributed by atoms with Gasteiger partial charge in [0.2, 0.25) is 0 Å². The fourth-order valence-electron chi connectivity index (χ4n) is 3.23. The van der Waals surface area contributed by atoms with E-state index < -0.39 is 0 Å². The van der Waals surface area contributed by atoms with Gasteiger partial charge >= 0.3 is 0 Å². The molecule has 25 heavy (non-hydrogen) atoms. The Bertz CT molecular complexity index is 919. The zero-order chi connectivity index (χ0) is 17.2. The van der Waals surface area contributed by atoms with E-state index in [0.717, 1.165) is 29.4 Å². The molecule has 4 nitrogen and oxygen atoms in total. The van der Waals surface area contributed by atoms with Gasteiger partial charge in [0.25, 0.3) is 0 Å². The number of hydrogen-bond donors (Lipinski definition) is 0. The first-order valence-corrected chi connectivity index (χ1v) is 8.80. The van der Waals surface area contributed by atoms with Crippen LogP contribution in [0.2, 0.25) is 0 Å². The van der Waals surface area contributed by atoms with Crippen molar-refractivity contribution in [2.45, 2.75) is 32.4 Å². The molecular formula is C21H21N3O. The van der Waals surface area contributed by atoms with Crippen LogP contribution < -0.4 is 0 Å². The molecule has 1 aliphatic rings. The first kappa shape index (κ1) is 15.9. The predicted molar refractivity (Wildman–Crippen MR) is 97.1 cm³/mol. The van der Waals surface area contributed by atoms with Gasteiger partial charge in [-0.2, -0.15) is 5.26 Å². The number of hydrogen-bond acceptors (Lipinski definition) is 3. The third-order valence-electron chi connectivity index (χ3n) is 4.84. The van der Waals surface area contributed by atoms with Gasteiger partial charge in [-0.05, 0) is 49.4 Å². The molecule has 0 unspecified atom stereocenters. The van der Waals surface area contributed by atoms with Crippen LogP contribution in [0, 0.1) is 17.2 Å². The summed E-state index contributed by atoms with van der Waals surface area (Å²) in [6.45, 7) is 3.48. The highest BCUT2D eigenvalue weighted by atomic mass is 16.5. The topological polar surface area (TPSA) is 50.8 Å². The van der Waals surface area contributed by atoms with E-state index in [9.17, 15) is 5.26 Å². The summed E-state index contributed by atoms with van der Waals surface area (Å²) in [5.74, 6) is 1.65. The van der Waals surface area contributed by atoms with Crippen molar-refractivity contribution in [1.29, 1.82) is 5.26 Å². The molecule has 0 aliphatic heterocycles. The lowest BCUT2D eigenvalue weighted by Gasteiger charge is -2.18. The normalized spacial score (nSPS) is 15.2. The second kappa shape index (κ2) is 6.70. The van der Waals surface area contributed by atoms with E-state index >= 15 is 0 Å². The van der Waals surface area contributed by atoms with Crippen molar-refractivity contribution in [2.75, 3.05) is 6.61 Å². The molecule has 0 bridgehead atoms. The van der Waals surface area contributed by atoms with Crippen LogP contribution in [0.1, 0.15) is 42.8 Å². The van der Waals surface area contributed by atoms with Gasteiger partial charge in [0.1, 0.15) is 12.4 Å². The SMILES string of the molecule is C[C@H](c1ccccc1)n1c(COCC2CC2)nc2ccc(C#N)cc21. The second-order valence-electron chi connectivity index (χ2n) is 6.76. The van der Waals surface area contributed by atoms with E-state index in [2.05, 4.69) is 41.8 Å². The number of benzene rings is 2. The van der Waals surface area contributed by atoms with Crippen molar-refractivity contribution in [1.82, 2.24) is 9.55 Å². The summed E-state index contributed by atoms with van der Waals surface area (Å²) in [4.78, 5) is 4.78. The molecule has 4 rings (SSSR count). The fourth-order valence-corrected chi connectivity index (χ4v) is 3.23. The molecule has 0 spiro atoms. The molecule has 2 aromatic carbocycles. The number of nitriles is 1. The minimum absolute atomic E-state index is 0.125. The van der Waals surface area contributed by atoms with E-state index in [1.807, 2.05) is 24.3 Å². The van der Waals surface area contributed by atoms with Crippen LogP contribution in [0.15, 0.2) is 48.5 Å². The molecule has 3 aromatic rings. The molecule has 126 valence electrons. The zero-order valence-electron chi connectivity index (χ0n) is 14.4. The summed E-state index contributed by atoms with van der Waals surface area (Å²) >= 11 is 0. The summed E-state index contributed by atoms with van der Waals surface area (Å²) in [7, 11) is 0. The zero-order valence-corrected chi connectivity index (χ0v) is 14.4. The van der Waals surface area contributed by atoms with Gasteiger partial charge in [-0.25, -0.2) is 4.98 Å². The van der Waals surface area contributed by atoms with Crippen molar-refractivity contribution < 1.29 is 4.74 Å². The number of rotatable bonds is 6. The molecule has 0 N–H and O–H groups in total. The monoisotopic (exact) mass is 331 g/mol. The highest BCUT2D eigenvalue weighted by Gasteiger charge is 2.22. The largest absolute Gasteiger partial charge is 0.373 e. The van der Waals surface area contributed by atoms with Crippen LogP contribution in [0.25, 0.3) is 11.0 Å². The van der Waals surface area contributed by atoms with Crippen molar-refractivity contribution in [3.8, 4) is 6.07 Å². The maximum Gasteiger partial charge on any atom is 0.136 e. The number of aromatic nitrogens is 2. The Morgan fingerprint density at radius 3 is 2.76 bits per heavy atom. The van der Waals surface area contributed by atoms with E-state index in [1.54, 1.807) is 0 Å².